The topological polar surface area (TPSA) is 122 Å². The van der Waals surface area contributed by atoms with E-state index in [-0.39, 0.29) is 17.3 Å². The number of nitrogens with one attached hydrogen (secondary N) is 3. The molecule has 3 aromatic rings. The first-order valence-corrected chi connectivity index (χ1v) is 9.67. The molecule has 3 rings (SSSR count). The molecule has 0 saturated carbocycles. The fourth-order valence-electron chi connectivity index (χ4n) is 2.22. The third-order valence-electron chi connectivity index (χ3n) is 3.74. The fourth-order valence-corrected chi connectivity index (χ4v) is 3.43. The van der Waals surface area contributed by atoms with E-state index in [0.717, 1.165) is 0 Å². The molecule has 0 aliphatic rings. The Balaban J connectivity index is 1.68. The van der Waals surface area contributed by atoms with Crippen molar-refractivity contribution in [3.63, 3.8) is 0 Å². The van der Waals surface area contributed by atoms with Crippen molar-refractivity contribution in [3.05, 3.63) is 65.0 Å². The minimum atomic E-state index is -3.75. The molecule has 0 radical (unpaired) electrons. The highest BCUT2D eigenvalue weighted by Crippen LogP contribution is 2.16. The lowest BCUT2D eigenvalue weighted by Gasteiger charge is -2.09. The van der Waals surface area contributed by atoms with E-state index in [1.807, 2.05) is 0 Å². The van der Waals surface area contributed by atoms with Gasteiger partial charge in [0.2, 0.25) is 0 Å². The van der Waals surface area contributed by atoms with Gasteiger partial charge in [-0.1, -0.05) is 0 Å². The van der Waals surface area contributed by atoms with Crippen LogP contribution in [0.2, 0.25) is 0 Å². The van der Waals surface area contributed by atoms with Crippen LogP contribution in [0.15, 0.2) is 53.7 Å². The largest absolute Gasteiger partial charge is 0.345 e. The Bertz CT molecular complexity index is 1110. The molecule has 0 fully saturated rings. The number of benzene rings is 1. The maximum Gasteiger partial charge on any atom is 0.261 e. The molecule has 27 heavy (non-hydrogen) atoms. The van der Waals surface area contributed by atoms with Crippen molar-refractivity contribution in [1.82, 2.24) is 25.1 Å². The molecule has 0 unspecified atom stereocenters. The second-order valence-corrected chi connectivity index (χ2v) is 7.62. The van der Waals surface area contributed by atoms with Gasteiger partial charge in [0.1, 0.15) is 0 Å². The van der Waals surface area contributed by atoms with Gasteiger partial charge in [-0.3, -0.25) is 19.6 Å². The van der Waals surface area contributed by atoms with E-state index in [1.165, 1.54) is 36.7 Å². The molecule has 0 spiro atoms. The Labute approximate surface area is 160 Å². The predicted molar refractivity (Wildman–Crippen MR) is 101 cm³/mol. The molecule has 2 heterocycles. The Morgan fingerprint density at radius 3 is 2.44 bits per heavy atom. The van der Waals surface area contributed by atoms with E-state index >= 15 is 0 Å². The highest BCUT2D eigenvalue weighted by atomic mass is 32.2. The Hall–Kier alpha value is -3.05. The standard InChI is InChI=1S/C16H16N6O3S2/c1-22-14(19-20-16(22)26)10-18-15(23)11-2-4-13(5-3-11)27(24,25)21-12-6-8-17-9-7-12/h2-9H,10H2,1H3,(H,17,21)(H,18,23)(H,20,26). The van der Waals surface area contributed by atoms with Crippen LogP contribution in [0.1, 0.15) is 16.2 Å². The van der Waals surface area contributed by atoms with E-state index in [1.54, 1.807) is 23.7 Å². The minimum Gasteiger partial charge on any atom is -0.345 e. The molecule has 0 aliphatic carbocycles. The van der Waals surface area contributed by atoms with Crippen LogP contribution in [-0.4, -0.2) is 34.1 Å². The van der Waals surface area contributed by atoms with E-state index in [2.05, 4.69) is 25.2 Å². The van der Waals surface area contributed by atoms with E-state index < -0.39 is 10.0 Å². The van der Waals surface area contributed by atoms with Crippen molar-refractivity contribution in [2.45, 2.75) is 11.4 Å². The number of carbonyl (C=O) groups excluding carboxylic acids is 1. The zero-order valence-corrected chi connectivity index (χ0v) is 15.8. The molecule has 1 amide bonds. The lowest BCUT2D eigenvalue weighted by molar-refractivity contribution is 0.0949. The zero-order valence-electron chi connectivity index (χ0n) is 14.2. The van der Waals surface area contributed by atoms with Gasteiger partial charge >= 0.3 is 0 Å². The highest BCUT2D eigenvalue weighted by molar-refractivity contribution is 7.92. The van der Waals surface area contributed by atoms with Crippen molar-refractivity contribution < 1.29 is 13.2 Å². The van der Waals surface area contributed by atoms with Crippen LogP contribution >= 0.6 is 12.2 Å². The van der Waals surface area contributed by atoms with E-state index in [0.29, 0.717) is 21.8 Å². The van der Waals surface area contributed by atoms with Gasteiger partial charge < -0.3 is 9.88 Å². The molecular weight excluding hydrogens is 388 g/mol. The number of H-pyrrole nitrogens is 1. The molecular formula is C16H16N6O3S2. The highest BCUT2D eigenvalue weighted by Gasteiger charge is 2.15. The lowest BCUT2D eigenvalue weighted by atomic mass is 10.2. The van der Waals surface area contributed by atoms with Crippen LogP contribution in [-0.2, 0) is 23.6 Å². The number of hydrogen-bond donors (Lipinski definition) is 3. The summed E-state index contributed by atoms with van der Waals surface area (Å²) in [4.78, 5) is 16.1. The number of aromatic nitrogens is 4. The third-order valence-corrected chi connectivity index (χ3v) is 5.50. The van der Waals surface area contributed by atoms with Gasteiger partial charge in [0, 0.05) is 25.0 Å². The quantitative estimate of drug-likeness (QED) is 0.537. The predicted octanol–water partition coefficient (Wildman–Crippen LogP) is 1.60. The molecule has 0 saturated heterocycles. The van der Waals surface area contributed by atoms with Crippen molar-refractivity contribution in [2.24, 2.45) is 7.05 Å². The molecule has 1 aromatic carbocycles. The summed E-state index contributed by atoms with van der Waals surface area (Å²) in [5, 5.41) is 9.34. The summed E-state index contributed by atoms with van der Waals surface area (Å²) >= 11 is 5.01. The van der Waals surface area contributed by atoms with Crippen molar-refractivity contribution in [2.75, 3.05) is 4.72 Å². The van der Waals surface area contributed by atoms with Gasteiger partial charge in [0.25, 0.3) is 15.9 Å². The Kier molecular flexibility index (Phi) is 5.33. The van der Waals surface area contributed by atoms with Gasteiger partial charge in [-0.05, 0) is 48.6 Å². The maximum atomic E-state index is 12.4. The first kappa shape index (κ1) is 18.7. The minimum absolute atomic E-state index is 0.0466. The molecule has 140 valence electrons. The van der Waals surface area contributed by atoms with Gasteiger partial charge in [-0.2, -0.15) is 5.10 Å². The molecule has 3 N–H and O–H groups in total. The average molecular weight is 404 g/mol. The number of pyridine rings is 1. The summed E-state index contributed by atoms with van der Waals surface area (Å²) < 4.78 is 29.3. The maximum absolute atomic E-state index is 12.4. The van der Waals surface area contributed by atoms with Gasteiger partial charge in [0.05, 0.1) is 17.1 Å². The molecule has 9 nitrogen and oxygen atoms in total. The van der Waals surface area contributed by atoms with Crippen molar-refractivity contribution in [3.8, 4) is 0 Å². The van der Waals surface area contributed by atoms with Crippen LogP contribution in [0.25, 0.3) is 0 Å². The Morgan fingerprint density at radius 2 is 1.85 bits per heavy atom. The zero-order chi connectivity index (χ0) is 19.4. The lowest BCUT2D eigenvalue weighted by Crippen LogP contribution is -2.24. The SMILES string of the molecule is Cn1c(CNC(=O)c2ccc(S(=O)(=O)Nc3ccncc3)cc2)n[nH]c1=S. The van der Waals surface area contributed by atoms with Gasteiger partial charge in [-0.15, -0.1) is 0 Å². The van der Waals surface area contributed by atoms with E-state index in [4.69, 9.17) is 12.2 Å². The summed E-state index contributed by atoms with van der Waals surface area (Å²) in [6.45, 7) is 0.187. The van der Waals surface area contributed by atoms with Crippen LogP contribution < -0.4 is 10.0 Å². The van der Waals surface area contributed by atoms with Gasteiger partial charge in [-0.25, -0.2) is 8.42 Å². The smallest absolute Gasteiger partial charge is 0.261 e. The molecule has 0 atom stereocenters. The van der Waals surface area contributed by atoms with E-state index in [9.17, 15) is 13.2 Å². The number of amides is 1. The fraction of sp³-hybridized carbons (Fsp3) is 0.125. The average Bonchev–Trinajstić information content (AvgIpc) is 2.98. The van der Waals surface area contributed by atoms with Crippen molar-refractivity contribution in [1.29, 1.82) is 0 Å². The van der Waals surface area contributed by atoms with Crippen LogP contribution in [0.3, 0.4) is 0 Å². The summed E-state index contributed by atoms with van der Waals surface area (Å²) in [6.07, 6.45) is 2.97. The number of aromatic amines is 1. The second kappa shape index (κ2) is 7.68. The first-order valence-electron chi connectivity index (χ1n) is 7.78. The number of sulfonamides is 1. The van der Waals surface area contributed by atoms with Crippen LogP contribution in [0.4, 0.5) is 5.69 Å². The van der Waals surface area contributed by atoms with Crippen LogP contribution in [0.5, 0.6) is 0 Å². The molecule has 11 heteroatoms. The number of rotatable bonds is 6. The summed E-state index contributed by atoms with van der Waals surface area (Å²) in [5.74, 6) is 0.226. The normalized spacial score (nSPS) is 11.1. The summed E-state index contributed by atoms with van der Waals surface area (Å²) in [5.41, 5.74) is 0.731. The number of anilines is 1. The third kappa shape index (κ3) is 4.38. The molecule has 0 bridgehead atoms. The second-order valence-electron chi connectivity index (χ2n) is 5.55. The number of carbonyl (C=O) groups is 1. The van der Waals surface area contributed by atoms with Crippen molar-refractivity contribution >= 4 is 33.8 Å². The number of hydrogen-bond acceptors (Lipinski definition) is 6. The number of nitrogens with zero attached hydrogens (tertiary/aromatic N) is 3. The first-order chi connectivity index (χ1) is 12.9. The van der Waals surface area contributed by atoms with Crippen LogP contribution in [0, 0.1) is 4.77 Å². The summed E-state index contributed by atoms with van der Waals surface area (Å²) in [6, 6.07) is 8.72. The molecule has 0 aliphatic heterocycles. The Morgan fingerprint density at radius 1 is 1.19 bits per heavy atom. The molecule has 2 aromatic heterocycles. The summed E-state index contributed by atoms with van der Waals surface area (Å²) in [7, 11) is -2.01. The monoisotopic (exact) mass is 404 g/mol. The van der Waals surface area contributed by atoms with Gasteiger partial charge in [0.15, 0.2) is 10.6 Å².